The first-order chi connectivity index (χ1) is 5.66. The summed E-state index contributed by atoms with van der Waals surface area (Å²) in [4.78, 5) is 8.73. The average Bonchev–Trinajstić information content (AvgIpc) is 2.29. The van der Waals surface area contributed by atoms with Gasteiger partial charge in [0.2, 0.25) is 0 Å². The topological polar surface area (TPSA) is 25.8 Å². The molecule has 0 saturated heterocycles. The second-order valence-electron chi connectivity index (χ2n) is 2.32. The fraction of sp³-hybridized carbons (Fsp3) is 0.143. The molecule has 2 nitrogen and oxygen atoms in total. The minimum atomic E-state index is 0.999. The van der Waals surface area contributed by atoms with Crippen molar-refractivity contribution in [1.82, 2.24) is 9.97 Å². The van der Waals surface area contributed by atoms with Crippen molar-refractivity contribution < 1.29 is 0 Å². The Morgan fingerprint density at radius 1 is 1.33 bits per heavy atom. The summed E-state index contributed by atoms with van der Waals surface area (Å²) >= 11 is 6.17. The lowest BCUT2D eigenvalue weighted by atomic mass is 10.5. The van der Waals surface area contributed by atoms with Gasteiger partial charge in [0.1, 0.15) is 12.9 Å². The van der Waals surface area contributed by atoms with Gasteiger partial charge in [-0.25, -0.2) is 9.97 Å². The van der Waals surface area contributed by atoms with Gasteiger partial charge in [-0.1, -0.05) is 0 Å². The number of aryl methyl sites for hydroxylation is 1. The predicted molar refractivity (Wildman–Crippen MR) is 67.6 cm³/mol. The van der Waals surface area contributed by atoms with Gasteiger partial charge in [0.15, 0.2) is 0 Å². The SMILES string of the molecule is Cc1nc2c(I)nc(I)cc2s1. The average molecular weight is 402 g/mol. The summed E-state index contributed by atoms with van der Waals surface area (Å²) in [7, 11) is 0. The Balaban J connectivity index is 2.88. The van der Waals surface area contributed by atoms with Gasteiger partial charge in [-0.15, -0.1) is 11.3 Å². The number of pyridine rings is 1. The number of nitrogens with zero attached hydrogens (tertiary/aromatic N) is 2. The molecule has 0 amide bonds. The summed E-state index contributed by atoms with van der Waals surface area (Å²) in [6, 6.07) is 2.07. The van der Waals surface area contributed by atoms with Gasteiger partial charge in [-0.2, -0.15) is 0 Å². The zero-order valence-corrected chi connectivity index (χ0v) is 11.3. The van der Waals surface area contributed by atoms with Crippen LogP contribution in [0.15, 0.2) is 6.07 Å². The number of hydrogen-bond acceptors (Lipinski definition) is 3. The van der Waals surface area contributed by atoms with E-state index in [2.05, 4.69) is 61.2 Å². The molecule has 0 aliphatic rings. The van der Waals surface area contributed by atoms with Crippen LogP contribution in [0.2, 0.25) is 0 Å². The molecular weight excluding hydrogens is 398 g/mol. The van der Waals surface area contributed by atoms with Crippen LogP contribution in [-0.2, 0) is 0 Å². The van der Waals surface area contributed by atoms with E-state index in [1.54, 1.807) is 11.3 Å². The number of thiazole rings is 1. The first-order valence-corrected chi connectivity index (χ1v) is 6.23. The van der Waals surface area contributed by atoms with Crippen molar-refractivity contribution in [2.24, 2.45) is 0 Å². The molecule has 12 heavy (non-hydrogen) atoms. The number of hydrogen-bond donors (Lipinski definition) is 0. The van der Waals surface area contributed by atoms with E-state index in [0.29, 0.717) is 0 Å². The molecule has 0 fully saturated rings. The van der Waals surface area contributed by atoms with Crippen LogP contribution >= 0.6 is 56.5 Å². The summed E-state index contributed by atoms with van der Waals surface area (Å²) in [5.41, 5.74) is 1.04. The van der Waals surface area contributed by atoms with E-state index in [9.17, 15) is 0 Å². The smallest absolute Gasteiger partial charge is 0.129 e. The van der Waals surface area contributed by atoms with Gasteiger partial charge >= 0.3 is 0 Å². The lowest BCUT2D eigenvalue weighted by molar-refractivity contribution is 1.23. The monoisotopic (exact) mass is 402 g/mol. The maximum atomic E-state index is 4.40. The van der Waals surface area contributed by atoms with Crippen LogP contribution < -0.4 is 0 Å². The Morgan fingerprint density at radius 3 is 2.83 bits per heavy atom. The molecule has 0 radical (unpaired) electrons. The molecule has 0 bridgehead atoms. The first-order valence-electron chi connectivity index (χ1n) is 3.26. The van der Waals surface area contributed by atoms with Crippen molar-refractivity contribution in [3.63, 3.8) is 0 Å². The van der Waals surface area contributed by atoms with Crippen LogP contribution in [0.25, 0.3) is 10.2 Å². The lowest BCUT2D eigenvalue weighted by Crippen LogP contribution is -1.85. The van der Waals surface area contributed by atoms with Crippen molar-refractivity contribution in [1.29, 1.82) is 0 Å². The molecule has 0 atom stereocenters. The van der Waals surface area contributed by atoms with E-state index in [4.69, 9.17) is 0 Å². The summed E-state index contributed by atoms with van der Waals surface area (Å²) < 4.78 is 3.27. The molecule has 5 heteroatoms. The van der Waals surface area contributed by atoms with E-state index >= 15 is 0 Å². The summed E-state index contributed by atoms with van der Waals surface area (Å²) in [5.74, 6) is 0. The Bertz CT molecular complexity index is 438. The fourth-order valence-electron chi connectivity index (χ4n) is 0.976. The van der Waals surface area contributed by atoms with Crippen molar-refractivity contribution >= 4 is 66.7 Å². The lowest BCUT2D eigenvalue weighted by Gasteiger charge is -1.92. The molecule has 0 unspecified atom stereocenters. The molecule has 0 spiro atoms. The predicted octanol–water partition coefficient (Wildman–Crippen LogP) is 3.21. The molecule has 0 saturated carbocycles. The normalized spacial score (nSPS) is 10.9. The van der Waals surface area contributed by atoms with Gasteiger partial charge in [0.25, 0.3) is 0 Å². The van der Waals surface area contributed by atoms with Gasteiger partial charge < -0.3 is 0 Å². The number of aromatic nitrogens is 2. The molecular formula is C7H4I2N2S. The van der Waals surface area contributed by atoms with Crippen molar-refractivity contribution in [2.75, 3.05) is 0 Å². The molecule has 0 aliphatic carbocycles. The van der Waals surface area contributed by atoms with Gasteiger partial charge in [0, 0.05) is 0 Å². The standard InChI is InChI=1S/C7H4I2N2S/c1-3-10-6-4(12-3)2-5(8)11-7(6)9/h2H,1H3. The third-order valence-corrected chi connectivity index (χ3v) is 3.63. The minimum absolute atomic E-state index is 0.999. The molecule has 2 rings (SSSR count). The molecule has 0 aliphatic heterocycles. The van der Waals surface area contributed by atoms with Crippen LogP contribution in [0.4, 0.5) is 0 Å². The quantitative estimate of drug-likeness (QED) is 0.500. The van der Waals surface area contributed by atoms with E-state index in [1.807, 2.05) is 6.92 Å². The second kappa shape index (κ2) is 3.33. The summed E-state index contributed by atoms with van der Waals surface area (Å²) in [6.45, 7) is 2.02. The van der Waals surface area contributed by atoms with Gasteiger partial charge in [-0.05, 0) is 58.2 Å². The summed E-state index contributed by atoms with van der Waals surface area (Å²) in [5, 5.41) is 1.10. The third kappa shape index (κ3) is 1.58. The largest absolute Gasteiger partial charge is 0.239 e. The highest BCUT2D eigenvalue weighted by atomic mass is 127. The third-order valence-electron chi connectivity index (χ3n) is 1.41. The fourth-order valence-corrected chi connectivity index (χ4v) is 3.92. The Kier molecular flexibility index (Phi) is 2.52. The van der Waals surface area contributed by atoms with Crippen molar-refractivity contribution in [3.8, 4) is 0 Å². The van der Waals surface area contributed by atoms with E-state index < -0.39 is 0 Å². The highest BCUT2D eigenvalue weighted by molar-refractivity contribution is 14.1. The molecule has 2 aromatic heterocycles. The van der Waals surface area contributed by atoms with Crippen molar-refractivity contribution in [2.45, 2.75) is 6.92 Å². The van der Waals surface area contributed by atoms with Crippen LogP contribution in [0, 0.1) is 14.3 Å². The summed E-state index contributed by atoms with van der Waals surface area (Å²) in [6.07, 6.45) is 0. The number of rotatable bonds is 0. The molecule has 62 valence electrons. The molecule has 0 aromatic carbocycles. The first kappa shape index (κ1) is 9.07. The Hall–Kier alpha value is 0.500. The van der Waals surface area contributed by atoms with Crippen LogP contribution in [0.5, 0.6) is 0 Å². The molecule has 2 aromatic rings. The highest BCUT2D eigenvalue weighted by Gasteiger charge is 2.06. The van der Waals surface area contributed by atoms with Crippen LogP contribution in [0.1, 0.15) is 5.01 Å². The number of fused-ring (bicyclic) bond motifs is 1. The maximum absolute atomic E-state index is 4.40. The number of halogens is 2. The van der Waals surface area contributed by atoms with Crippen LogP contribution in [0.3, 0.4) is 0 Å². The van der Waals surface area contributed by atoms with Crippen LogP contribution in [-0.4, -0.2) is 9.97 Å². The zero-order chi connectivity index (χ0) is 8.72. The Morgan fingerprint density at radius 2 is 2.08 bits per heavy atom. The zero-order valence-electron chi connectivity index (χ0n) is 6.14. The van der Waals surface area contributed by atoms with Gasteiger partial charge in [0.05, 0.1) is 9.71 Å². The maximum Gasteiger partial charge on any atom is 0.129 e. The van der Waals surface area contributed by atoms with Crippen molar-refractivity contribution in [3.05, 3.63) is 18.5 Å². The van der Waals surface area contributed by atoms with Gasteiger partial charge in [-0.3, -0.25) is 0 Å². The molecule has 0 N–H and O–H groups in total. The highest BCUT2D eigenvalue weighted by Crippen LogP contribution is 2.25. The molecule has 2 heterocycles. The minimum Gasteiger partial charge on any atom is -0.239 e. The second-order valence-corrected chi connectivity index (χ2v) is 5.68. The van der Waals surface area contributed by atoms with E-state index in [0.717, 1.165) is 17.9 Å². The van der Waals surface area contributed by atoms with E-state index in [-0.39, 0.29) is 0 Å². The van der Waals surface area contributed by atoms with E-state index in [1.165, 1.54) is 4.70 Å². The Labute approximate surface area is 101 Å².